The molecule has 1 amide bonds. The second-order valence-electron chi connectivity index (χ2n) is 11.4. The summed E-state index contributed by atoms with van der Waals surface area (Å²) in [4.78, 5) is 15.7. The van der Waals surface area contributed by atoms with Crippen LogP contribution in [0, 0.1) is 0 Å². The summed E-state index contributed by atoms with van der Waals surface area (Å²) in [6.07, 6.45) is 33.9. The third-order valence-corrected chi connectivity index (χ3v) is 12.9. The van der Waals surface area contributed by atoms with Gasteiger partial charge in [-0.15, -0.1) is 0 Å². The molecule has 0 N–H and O–H groups in total. The molecule has 0 aromatic carbocycles. The Morgan fingerprint density at radius 2 is 0.886 bits per heavy atom. The van der Waals surface area contributed by atoms with Gasteiger partial charge in [-0.2, -0.15) is 0 Å². The topological polar surface area (TPSA) is 20.3 Å². The van der Waals surface area contributed by atoms with Crippen LogP contribution in [0.25, 0.3) is 0 Å². The Morgan fingerprint density at radius 1 is 0.543 bits per heavy atom. The van der Waals surface area contributed by atoms with Crippen LogP contribution in [0.1, 0.15) is 156 Å². The Balaban J connectivity index is 0.0000116. The lowest BCUT2D eigenvalue weighted by Crippen LogP contribution is -3.00. The first kappa shape index (κ1) is 35.2. The number of rotatable bonds is 23. The zero-order valence-electron chi connectivity index (χ0n) is 24.3. The van der Waals surface area contributed by atoms with Crippen LogP contribution in [-0.2, 0) is 4.79 Å². The molecule has 0 spiro atoms. The second kappa shape index (κ2) is 24.5. The Bertz CT molecular complexity index is 426. The summed E-state index contributed by atoms with van der Waals surface area (Å²) in [5, 5.41) is 0. The van der Waals surface area contributed by atoms with Gasteiger partial charge in [0.2, 0.25) is 0 Å². The van der Waals surface area contributed by atoms with E-state index in [1.807, 2.05) is 0 Å². The van der Waals surface area contributed by atoms with Crippen LogP contribution >= 0.6 is 7.26 Å². The van der Waals surface area contributed by atoms with Crippen molar-refractivity contribution in [2.75, 3.05) is 37.7 Å². The summed E-state index contributed by atoms with van der Waals surface area (Å²) in [7, 11) is -1.18. The van der Waals surface area contributed by atoms with Crippen molar-refractivity contribution in [1.29, 1.82) is 0 Å². The van der Waals surface area contributed by atoms with Gasteiger partial charge in [-0.3, -0.25) is 4.79 Å². The lowest BCUT2D eigenvalue weighted by molar-refractivity contribution is -0.129. The number of unbranched alkanes of at least 4 members (excludes halogenated alkanes) is 15. The molecule has 1 aliphatic heterocycles. The van der Waals surface area contributed by atoms with Crippen molar-refractivity contribution in [3.05, 3.63) is 0 Å². The van der Waals surface area contributed by atoms with Gasteiger partial charge in [-0.25, -0.2) is 0 Å². The third-order valence-electron chi connectivity index (χ3n) is 8.14. The number of carbonyl (C=O) groups is 1. The molecule has 210 valence electrons. The summed E-state index contributed by atoms with van der Waals surface area (Å²) in [5.74, 6) is 0.538. The highest BCUT2D eigenvalue weighted by Crippen LogP contribution is 2.61. The van der Waals surface area contributed by atoms with E-state index in [9.17, 15) is 4.79 Å². The van der Waals surface area contributed by atoms with Crippen LogP contribution in [0.2, 0.25) is 0 Å². The van der Waals surface area contributed by atoms with Gasteiger partial charge in [-0.1, -0.05) is 97.8 Å². The number of carbonyl (C=O) groups excluding carboxylic acids is 1. The number of piperidine rings is 1. The fourth-order valence-electron chi connectivity index (χ4n) is 5.79. The van der Waals surface area contributed by atoms with E-state index < -0.39 is 7.26 Å². The highest BCUT2D eigenvalue weighted by atomic mass is 35.5. The molecular formula is C31H63ClNOP. The number of halogens is 1. The maximum atomic E-state index is 13.5. The van der Waals surface area contributed by atoms with Crippen LogP contribution in [0.5, 0.6) is 0 Å². The van der Waals surface area contributed by atoms with E-state index in [1.54, 1.807) is 0 Å². The first-order valence-corrected chi connectivity index (χ1v) is 18.3. The van der Waals surface area contributed by atoms with Crippen molar-refractivity contribution < 1.29 is 17.2 Å². The minimum Gasteiger partial charge on any atom is -1.00 e. The molecule has 0 saturated carbocycles. The molecule has 1 heterocycles. The Labute approximate surface area is 228 Å². The molecule has 2 nitrogen and oxygen atoms in total. The van der Waals surface area contributed by atoms with Crippen molar-refractivity contribution >= 4 is 13.2 Å². The number of hydrogen-bond acceptors (Lipinski definition) is 1. The van der Waals surface area contributed by atoms with Gasteiger partial charge in [0.25, 0.3) is 5.91 Å². The molecule has 0 unspecified atom stereocenters. The first-order valence-electron chi connectivity index (χ1n) is 15.8. The predicted molar refractivity (Wildman–Crippen MR) is 157 cm³/mol. The molecule has 1 aliphatic rings. The number of hydrogen-bond donors (Lipinski definition) is 0. The molecule has 0 aromatic heterocycles. The molecule has 1 rings (SSSR count). The van der Waals surface area contributed by atoms with E-state index in [4.69, 9.17) is 0 Å². The van der Waals surface area contributed by atoms with Crippen LogP contribution in [0.15, 0.2) is 0 Å². The van der Waals surface area contributed by atoms with E-state index in [-0.39, 0.29) is 12.4 Å². The third kappa shape index (κ3) is 18.1. The minimum absolute atomic E-state index is 0. The maximum absolute atomic E-state index is 13.5. The lowest BCUT2D eigenvalue weighted by atomic mass is 10.1. The summed E-state index contributed by atoms with van der Waals surface area (Å²) < 4.78 is 0. The van der Waals surface area contributed by atoms with Crippen LogP contribution in [0.3, 0.4) is 0 Å². The van der Waals surface area contributed by atoms with Crippen LogP contribution in [0.4, 0.5) is 0 Å². The van der Waals surface area contributed by atoms with Gasteiger partial charge in [0.1, 0.15) is 6.16 Å². The molecule has 35 heavy (non-hydrogen) atoms. The van der Waals surface area contributed by atoms with E-state index in [2.05, 4.69) is 25.7 Å². The smallest absolute Gasteiger partial charge is 0.260 e. The van der Waals surface area contributed by atoms with Crippen molar-refractivity contribution in [1.82, 2.24) is 4.90 Å². The Kier molecular flexibility index (Phi) is 24.7. The van der Waals surface area contributed by atoms with Crippen molar-refractivity contribution in [3.8, 4) is 0 Å². The van der Waals surface area contributed by atoms with Crippen molar-refractivity contribution in [2.45, 2.75) is 156 Å². The Hall–Kier alpha value is 0.190. The minimum atomic E-state index is -1.18. The van der Waals surface area contributed by atoms with Gasteiger partial charge in [0.05, 0.1) is 18.5 Å². The second-order valence-corrected chi connectivity index (χ2v) is 15.8. The molecular weight excluding hydrogens is 469 g/mol. The van der Waals surface area contributed by atoms with Gasteiger partial charge in [0, 0.05) is 20.4 Å². The summed E-state index contributed by atoms with van der Waals surface area (Å²) >= 11 is 0. The summed E-state index contributed by atoms with van der Waals surface area (Å²) in [6, 6.07) is 0. The average Bonchev–Trinajstić information content (AvgIpc) is 2.86. The van der Waals surface area contributed by atoms with Gasteiger partial charge < -0.3 is 17.3 Å². The molecule has 0 aliphatic carbocycles. The van der Waals surface area contributed by atoms with E-state index in [1.165, 1.54) is 153 Å². The fourth-order valence-corrected chi connectivity index (χ4v) is 10.4. The van der Waals surface area contributed by atoms with Crippen molar-refractivity contribution in [2.24, 2.45) is 0 Å². The molecule has 1 saturated heterocycles. The number of amides is 1. The zero-order chi connectivity index (χ0) is 24.7. The number of likely N-dealkylation sites (tertiary alicyclic amines) is 1. The molecule has 0 atom stereocenters. The lowest BCUT2D eigenvalue weighted by Gasteiger charge is -2.32. The van der Waals surface area contributed by atoms with Crippen molar-refractivity contribution in [3.63, 3.8) is 0 Å². The molecule has 0 radical (unpaired) electrons. The van der Waals surface area contributed by atoms with Crippen LogP contribution < -0.4 is 12.4 Å². The van der Waals surface area contributed by atoms with Gasteiger partial charge >= 0.3 is 0 Å². The van der Waals surface area contributed by atoms with E-state index >= 15 is 0 Å². The average molecular weight is 532 g/mol. The molecule has 0 bridgehead atoms. The van der Waals surface area contributed by atoms with Crippen LogP contribution in [-0.4, -0.2) is 48.5 Å². The standard InChI is InChI=1S/C31H63NOP.ClH/c1-4-7-10-13-16-22-27-34(28-23-17-14-11-8-5-2,29-24-18-15-12-9-6-3)30-31(33)32-25-20-19-21-26-32;/h4-30H2,1-3H3;1H/q+1;/p-1. The SMILES string of the molecule is CCCCCCCC[P+](CCCCCCCC)(CCCCCCCC)CC(=O)N1CCCCC1.[Cl-]. The van der Waals surface area contributed by atoms with Gasteiger partial charge in [0.15, 0.2) is 0 Å². The normalized spacial score (nSPS) is 14.2. The zero-order valence-corrected chi connectivity index (χ0v) is 25.9. The van der Waals surface area contributed by atoms with E-state index in [0.29, 0.717) is 5.91 Å². The molecule has 4 heteroatoms. The van der Waals surface area contributed by atoms with E-state index in [0.717, 1.165) is 19.3 Å². The number of nitrogens with zero attached hydrogens (tertiary/aromatic N) is 1. The summed E-state index contributed by atoms with van der Waals surface area (Å²) in [5.41, 5.74) is 0. The fraction of sp³-hybridized carbons (Fsp3) is 0.968. The largest absolute Gasteiger partial charge is 1.00 e. The summed E-state index contributed by atoms with van der Waals surface area (Å²) in [6.45, 7) is 8.99. The monoisotopic (exact) mass is 531 g/mol. The predicted octanol–water partition coefficient (Wildman–Crippen LogP) is 7.10. The highest BCUT2D eigenvalue weighted by molar-refractivity contribution is 7.76. The first-order chi connectivity index (χ1) is 16.7. The molecule has 0 aromatic rings. The molecule has 1 fully saturated rings. The quantitative estimate of drug-likeness (QED) is 0.102. The Morgan fingerprint density at radius 3 is 1.26 bits per heavy atom. The maximum Gasteiger partial charge on any atom is 0.260 e. The highest BCUT2D eigenvalue weighted by Gasteiger charge is 2.39. The van der Waals surface area contributed by atoms with Gasteiger partial charge in [-0.05, 0) is 57.8 Å².